The number of benzene rings is 1. The molecule has 1 atom stereocenters. The number of nitrogens with two attached hydrogens (primary N) is 1. The van der Waals surface area contributed by atoms with Crippen LogP contribution in [0.15, 0.2) is 53.6 Å². The van der Waals surface area contributed by atoms with E-state index >= 15 is 0 Å². The highest BCUT2D eigenvalue weighted by Crippen LogP contribution is 2.24. The third-order valence-corrected chi connectivity index (χ3v) is 5.99. The first-order chi connectivity index (χ1) is 14.7. The van der Waals surface area contributed by atoms with Gasteiger partial charge in [0.05, 0.1) is 17.6 Å². The molecule has 3 aromatic heterocycles. The van der Waals surface area contributed by atoms with Crippen molar-refractivity contribution >= 4 is 27.9 Å². The molecule has 0 spiro atoms. The topological polar surface area (TPSA) is 82.0 Å². The van der Waals surface area contributed by atoms with E-state index in [2.05, 4.69) is 22.9 Å². The number of pyridine rings is 2. The second kappa shape index (κ2) is 7.57. The first-order valence-corrected chi connectivity index (χ1v) is 10.6. The van der Waals surface area contributed by atoms with Crippen molar-refractivity contribution in [3.05, 3.63) is 64.7 Å². The molecule has 0 bridgehead atoms. The Morgan fingerprint density at radius 3 is 2.87 bits per heavy atom. The molecule has 1 fully saturated rings. The summed E-state index contributed by atoms with van der Waals surface area (Å²) in [5.74, 6) is 0.854. The van der Waals surface area contributed by atoms with Crippen molar-refractivity contribution in [1.82, 2.24) is 19.1 Å². The Morgan fingerprint density at radius 2 is 2.03 bits per heavy atom. The average molecular weight is 403 g/mol. The van der Waals surface area contributed by atoms with Crippen molar-refractivity contribution in [2.45, 2.75) is 38.9 Å². The summed E-state index contributed by atoms with van der Waals surface area (Å²) in [6.45, 7) is 4.95. The number of aryl methyl sites for hydroxylation is 1. The van der Waals surface area contributed by atoms with E-state index in [4.69, 9.17) is 10.7 Å². The molecule has 0 amide bonds. The Morgan fingerprint density at radius 1 is 1.17 bits per heavy atom. The Kier molecular flexibility index (Phi) is 4.75. The van der Waals surface area contributed by atoms with Gasteiger partial charge in [0, 0.05) is 43.5 Å². The number of hydrogen-bond acceptors (Lipinski definition) is 5. The second-order valence-electron chi connectivity index (χ2n) is 7.97. The molecule has 0 radical (unpaired) electrons. The van der Waals surface area contributed by atoms with Crippen LogP contribution in [-0.4, -0.2) is 38.2 Å². The SMILES string of the molecule is CCn1c(N2CCCC(N)C2)nc2ccn(Cc3ccnc4ccccc34)c(=O)c21. The molecule has 7 heteroatoms. The van der Waals surface area contributed by atoms with Gasteiger partial charge in [0.15, 0.2) is 0 Å². The maximum Gasteiger partial charge on any atom is 0.277 e. The lowest BCUT2D eigenvalue weighted by molar-refractivity contribution is 0.494. The van der Waals surface area contributed by atoms with Crippen molar-refractivity contribution in [2.75, 3.05) is 18.0 Å². The van der Waals surface area contributed by atoms with Crippen LogP contribution in [-0.2, 0) is 13.1 Å². The predicted octanol–water partition coefficient (Wildman–Crippen LogP) is 2.74. The molecule has 1 saturated heterocycles. The zero-order chi connectivity index (χ0) is 20.7. The van der Waals surface area contributed by atoms with Gasteiger partial charge in [0.2, 0.25) is 5.95 Å². The molecule has 154 valence electrons. The van der Waals surface area contributed by atoms with E-state index in [1.807, 2.05) is 41.1 Å². The van der Waals surface area contributed by atoms with Crippen molar-refractivity contribution in [2.24, 2.45) is 5.73 Å². The maximum absolute atomic E-state index is 13.5. The van der Waals surface area contributed by atoms with Gasteiger partial charge >= 0.3 is 0 Å². The summed E-state index contributed by atoms with van der Waals surface area (Å²) in [4.78, 5) is 24.9. The van der Waals surface area contributed by atoms with Gasteiger partial charge in [-0.15, -0.1) is 0 Å². The number of para-hydroxylation sites is 1. The number of aromatic nitrogens is 4. The molecule has 1 aliphatic heterocycles. The average Bonchev–Trinajstić information content (AvgIpc) is 3.15. The number of fused-ring (bicyclic) bond motifs is 2. The number of anilines is 1. The van der Waals surface area contributed by atoms with E-state index in [1.165, 1.54) is 0 Å². The minimum Gasteiger partial charge on any atom is -0.341 e. The summed E-state index contributed by atoms with van der Waals surface area (Å²) in [5.41, 5.74) is 9.58. The molecule has 4 heterocycles. The maximum atomic E-state index is 13.5. The Balaban J connectivity index is 1.59. The Bertz CT molecular complexity index is 1270. The van der Waals surface area contributed by atoms with E-state index in [1.54, 1.807) is 10.8 Å². The van der Waals surface area contributed by atoms with Crippen LogP contribution >= 0.6 is 0 Å². The predicted molar refractivity (Wildman–Crippen MR) is 120 cm³/mol. The molecular weight excluding hydrogens is 376 g/mol. The highest BCUT2D eigenvalue weighted by molar-refractivity contribution is 5.82. The van der Waals surface area contributed by atoms with E-state index in [-0.39, 0.29) is 11.6 Å². The highest BCUT2D eigenvalue weighted by Gasteiger charge is 2.23. The molecular formula is C23H26N6O. The summed E-state index contributed by atoms with van der Waals surface area (Å²) in [6, 6.07) is 12.1. The number of rotatable bonds is 4. The van der Waals surface area contributed by atoms with Crippen LogP contribution in [0.3, 0.4) is 0 Å². The van der Waals surface area contributed by atoms with E-state index in [0.29, 0.717) is 18.6 Å². The molecule has 1 unspecified atom stereocenters. The molecule has 30 heavy (non-hydrogen) atoms. The molecule has 5 rings (SSSR count). The first kappa shape index (κ1) is 18.8. The largest absolute Gasteiger partial charge is 0.341 e. The standard InChI is InChI=1S/C23H26N6O/c1-2-29-21-20(26-23(29)28-12-5-6-17(24)15-28)10-13-27(22(21)30)14-16-9-11-25-19-8-4-3-7-18(16)19/h3-4,7-11,13,17H,2,5-6,12,14-15,24H2,1H3. The number of imidazole rings is 1. The monoisotopic (exact) mass is 402 g/mol. The second-order valence-corrected chi connectivity index (χ2v) is 7.97. The van der Waals surface area contributed by atoms with Gasteiger partial charge in [-0.1, -0.05) is 18.2 Å². The van der Waals surface area contributed by atoms with Crippen LogP contribution in [0.5, 0.6) is 0 Å². The number of piperidine rings is 1. The van der Waals surface area contributed by atoms with Gasteiger partial charge in [-0.3, -0.25) is 9.78 Å². The van der Waals surface area contributed by atoms with E-state index in [9.17, 15) is 4.79 Å². The van der Waals surface area contributed by atoms with Crippen LogP contribution < -0.4 is 16.2 Å². The van der Waals surface area contributed by atoms with Crippen molar-refractivity contribution in [1.29, 1.82) is 0 Å². The summed E-state index contributed by atoms with van der Waals surface area (Å²) >= 11 is 0. The van der Waals surface area contributed by atoms with Crippen molar-refractivity contribution in [3.8, 4) is 0 Å². The van der Waals surface area contributed by atoms with Gasteiger partial charge in [-0.05, 0) is 43.5 Å². The summed E-state index contributed by atoms with van der Waals surface area (Å²) in [7, 11) is 0. The fourth-order valence-electron chi connectivity index (χ4n) is 4.50. The molecule has 1 aromatic carbocycles. The molecule has 1 aliphatic rings. The molecule has 4 aromatic rings. The number of nitrogens with zero attached hydrogens (tertiary/aromatic N) is 5. The van der Waals surface area contributed by atoms with Gasteiger partial charge in [-0.2, -0.15) is 0 Å². The van der Waals surface area contributed by atoms with E-state index < -0.39 is 0 Å². The van der Waals surface area contributed by atoms with Crippen LogP contribution in [0.4, 0.5) is 5.95 Å². The zero-order valence-electron chi connectivity index (χ0n) is 17.2. The smallest absolute Gasteiger partial charge is 0.277 e. The lowest BCUT2D eigenvalue weighted by atomic mass is 10.1. The van der Waals surface area contributed by atoms with Crippen LogP contribution in [0.1, 0.15) is 25.3 Å². The lowest BCUT2D eigenvalue weighted by Gasteiger charge is -2.31. The quantitative estimate of drug-likeness (QED) is 0.568. The van der Waals surface area contributed by atoms with Gasteiger partial charge in [0.25, 0.3) is 5.56 Å². The first-order valence-electron chi connectivity index (χ1n) is 10.6. The third kappa shape index (κ3) is 3.15. The highest BCUT2D eigenvalue weighted by atomic mass is 16.1. The lowest BCUT2D eigenvalue weighted by Crippen LogP contribution is -2.44. The minimum atomic E-state index is -0.0182. The minimum absolute atomic E-state index is 0.0182. The molecule has 0 aliphatic carbocycles. The zero-order valence-corrected chi connectivity index (χ0v) is 17.2. The van der Waals surface area contributed by atoms with Crippen molar-refractivity contribution < 1.29 is 0 Å². The van der Waals surface area contributed by atoms with Gasteiger partial charge < -0.3 is 19.8 Å². The van der Waals surface area contributed by atoms with Crippen molar-refractivity contribution in [3.63, 3.8) is 0 Å². The fraction of sp³-hybridized carbons (Fsp3) is 0.348. The molecule has 0 saturated carbocycles. The molecule has 2 N–H and O–H groups in total. The number of hydrogen-bond donors (Lipinski definition) is 1. The van der Waals surface area contributed by atoms with Crippen LogP contribution in [0, 0.1) is 0 Å². The third-order valence-electron chi connectivity index (χ3n) is 5.99. The Hall–Kier alpha value is -3.19. The summed E-state index contributed by atoms with van der Waals surface area (Å²) < 4.78 is 3.81. The Labute approximate surface area is 174 Å². The van der Waals surface area contributed by atoms with Gasteiger partial charge in [-0.25, -0.2) is 4.98 Å². The fourth-order valence-corrected chi connectivity index (χ4v) is 4.50. The van der Waals surface area contributed by atoms with Gasteiger partial charge in [0.1, 0.15) is 5.52 Å². The summed E-state index contributed by atoms with van der Waals surface area (Å²) in [5, 5.41) is 1.07. The van der Waals surface area contributed by atoms with Crippen LogP contribution in [0.25, 0.3) is 21.9 Å². The summed E-state index contributed by atoms with van der Waals surface area (Å²) in [6.07, 6.45) is 5.73. The van der Waals surface area contributed by atoms with Crippen LogP contribution in [0.2, 0.25) is 0 Å². The normalized spacial score (nSPS) is 17.1. The molecule has 7 nitrogen and oxygen atoms in total. The van der Waals surface area contributed by atoms with E-state index in [0.717, 1.165) is 53.9 Å².